The topological polar surface area (TPSA) is 30.3 Å². The second-order valence-electron chi connectivity index (χ2n) is 8.01. The molecule has 5 rings (SSSR count). The Labute approximate surface area is 176 Å². The molecular weight excluding hydrogens is 377 g/mol. The summed E-state index contributed by atoms with van der Waals surface area (Å²) in [6, 6.07) is 13.4. The van der Waals surface area contributed by atoms with Crippen molar-refractivity contribution in [3.05, 3.63) is 78.5 Å². The molecular formula is C25H26FN3O. The largest absolute Gasteiger partial charge is 0.377 e. The first kappa shape index (κ1) is 19.2. The van der Waals surface area contributed by atoms with E-state index in [0.29, 0.717) is 12.1 Å². The molecule has 0 aliphatic carbocycles. The molecule has 0 amide bonds. The van der Waals surface area contributed by atoms with Crippen molar-refractivity contribution in [2.24, 2.45) is 0 Å². The van der Waals surface area contributed by atoms with Gasteiger partial charge < -0.3 is 9.30 Å². The maximum Gasteiger partial charge on any atom is 0.123 e. The lowest BCUT2D eigenvalue weighted by Crippen LogP contribution is -2.32. The Kier molecular flexibility index (Phi) is 5.23. The Hall–Kier alpha value is -2.76. The van der Waals surface area contributed by atoms with Gasteiger partial charge in [0.05, 0.1) is 11.8 Å². The molecule has 2 unspecified atom stereocenters. The van der Waals surface area contributed by atoms with E-state index in [1.54, 1.807) is 12.4 Å². The minimum atomic E-state index is -0.221. The van der Waals surface area contributed by atoms with Crippen molar-refractivity contribution in [1.82, 2.24) is 14.5 Å². The highest BCUT2D eigenvalue weighted by molar-refractivity contribution is 5.74. The van der Waals surface area contributed by atoms with Crippen molar-refractivity contribution in [2.45, 2.75) is 31.9 Å². The summed E-state index contributed by atoms with van der Waals surface area (Å²) in [5.41, 5.74) is 5.70. The predicted molar refractivity (Wildman–Crippen MR) is 117 cm³/mol. The van der Waals surface area contributed by atoms with E-state index in [9.17, 15) is 4.39 Å². The summed E-state index contributed by atoms with van der Waals surface area (Å²) in [6.07, 6.45) is 10.6. The molecule has 1 aromatic carbocycles. The average molecular weight is 404 g/mol. The molecule has 1 saturated heterocycles. The molecule has 2 atom stereocenters. The zero-order chi connectivity index (χ0) is 20.5. The average Bonchev–Trinajstić information content (AvgIpc) is 3.39. The van der Waals surface area contributed by atoms with Crippen LogP contribution in [-0.2, 0) is 4.74 Å². The van der Waals surface area contributed by atoms with Crippen molar-refractivity contribution in [1.29, 1.82) is 0 Å². The summed E-state index contributed by atoms with van der Waals surface area (Å²) >= 11 is 0. The van der Waals surface area contributed by atoms with Gasteiger partial charge in [0.15, 0.2) is 0 Å². The number of rotatable bonds is 5. The molecule has 0 N–H and O–H groups in total. The van der Waals surface area contributed by atoms with Crippen molar-refractivity contribution >= 4 is 5.57 Å². The number of ether oxygens (including phenoxy) is 1. The zero-order valence-corrected chi connectivity index (χ0v) is 17.2. The van der Waals surface area contributed by atoms with Crippen LogP contribution in [0.15, 0.2) is 67.1 Å². The van der Waals surface area contributed by atoms with Gasteiger partial charge in [-0.15, -0.1) is 0 Å². The first-order valence-corrected chi connectivity index (χ1v) is 10.7. The molecule has 30 heavy (non-hydrogen) atoms. The van der Waals surface area contributed by atoms with E-state index in [1.807, 2.05) is 24.3 Å². The summed E-state index contributed by atoms with van der Waals surface area (Å²) in [5, 5.41) is 0. The van der Waals surface area contributed by atoms with Crippen LogP contribution < -0.4 is 0 Å². The Bertz CT molecular complexity index is 1040. The van der Waals surface area contributed by atoms with Crippen LogP contribution in [0, 0.1) is 5.82 Å². The van der Waals surface area contributed by atoms with E-state index in [2.05, 4.69) is 39.7 Å². The van der Waals surface area contributed by atoms with Crippen LogP contribution in [-0.4, -0.2) is 46.3 Å². The van der Waals surface area contributed by atoms with Gasteiger partial charge >= 0.3 is 0 Å². The number of pyridine rings is 1. The van der Waals surface area contributed by atoms with Gasteiger partial charge in [0.1, 0.15) is 5.82 Å². The molecule has 5 heteroatoms. The van der Waals surface area contributed by atoms with Crippen molar-refractivity contribution in [3.8, 4) is 16.9 Å². The molecule has 4 heterocycles. The van der Waals surface area contributed by atoms with Crippen LogP contribution in [0.3, 0.4) is 0 Å². The van der Waals surface area contributed by atoms with Crippen LogP contribution in [0.4, 0.5) is 4.39 Å². The number of benzene rings is 1. The summed E-state index contributed by atoms with van der Waals surface area (Å²) in [4.78, 5) is 6.68. The Morgan fingerprint density at radius 3 is 2.67 bits per heavy atom. The fourth-order valence-corrected chi connectivity index (χ4v) is 4.70. The van der Waals surface area contributed by atoms with E-state index in [4.69, 9.17) is 4.74 Å². The zero-order valence-electron chi connectivity index (χ0n) is 17.2. The number of nitrogens with zero attached hydrogens (tertiary/aromatic N) is 3. The van der Waals surface area contributed by atoms with E-state index < -0.39 is 0 Å². The predicted octanol–water partition coefficient (Wildman–Crippen LogP) is 4.94. The van der Waals surface area contributed by atoms with Crippen LogP contribution in [0.5, 0.6) is 0 Å². The third-order valence-electron chi connectivity index (χ3n) is 6.15. The molecule has 0 radical (unpaired) electrons. The monoisotopic (exact) mass is 403 g/mol. The van der Waals surface area contributed by atoms with Crippen molar-refractivity contribution in [2.75, 3.05) is 19.7 Å². The molecule has 2 aliphatic rings. The molecule has 1 fully saturated rings. The number of hydrogen-bond donors (Lipinski definition) is 0. The molecule has 0 saturated carbocycles. The van der Waals surface area contributed by atoms with Crippen LogP contribution in [0.1, 0.15) is 25.3 Å². The first-order chi connectivity index (χ1) is 14.7. The number of hydrogen-bond acceptors (Lipinski definition) is 3. The summed E-state index contributed by atoms with van der Waals surface area (Å²) in [6.45, 7) is 4.93. The summed E-state index contributed by atoms with van der Waals surface area (Å²) in [5.74, 6) is -0.221. The van der Waals surface area contributed by atoms with Gasteiger partial charge in [0.25, 0.3) is 0 Å². The highest BCUT2D eigenvalue weighted by atomic mass is 19.1. The Morgan fingerprint density at radius 1 is 1.10 bits per heavy atom. The minimum Gasteiger partial charge on any atom is -0.377 e. The van der Waals surface area contributed by atoms with Crippen LogP contribution in [0.25, 0.3) is 22.5 Å². The van der Waals surface area contributed by atoms with Gasteiger partial charge in [-0.2, -0.15) is 0 Å². The second kappa shape index (κ2) is 8.17. The van der Waals surface area contributed by atoms with Crippen LogP contribution >= 0.6 is 0 Å². The molecule has 4 nitrogen and oxygen atoms in total. The van der Waals surface area contributed by atoms with Gasteiger partial charge in [-0.25, -0.2) is 4.39 Å². The third kappa shape index (κ3) is 3.71. The standard InChI is InChI=1S/C25H26FN3O/c1-2-30-24-15-23-13-19(9-12-28(23)17-24)20-14-25(18-3-5-21(26)6-4-18)29(16-20)22-7-10-27-11-8-22/h3-8,10-11,13-14,16,23-24H,2,9,12,15,17H2,1H3. The molecule has 2 aromatic heterocycles. The maximum atomic E-state index is 13.5. The van der Waals surface area contributed by atoms with Crippen LogP contribution in [0.2, 0.25) is 0 Å². The van der Waals surface area contributed by atoms with Crippen molar-refractivity contribution < 1.29 is 9.13 Å². The number of fused-ring (bicyclic) bond motifs is 1. The van der Waals surface area contributed by atoms with Gasteiger partial charge in [0.2, 0.25) is 0 Å². The van der Waals surface area contributed by atoms with E-state index in [1.165, 1.54) is 23.3 Å². The minimum absolute atomic E-state index is 0.221. The molecule has 154 valence electrons. The lowest BCUT2D eigenvalue weighted by molar-refractivity contribution is 0.0691. The molecule has 0 spiro atoms. The smallest absolute Gasteiger partial charge is 0.123 e. The molecule has 3 aromatic rings. The van der Waals surface area contributed by atoms with E-state index in [0.717, 1.165) is 49.5 Å². The van der Waals surface area contributed by atoms with Gasteiger partial charge in [-0.1, -0.05) is 6.08 Å². The van der Waals surface area contributed by atoms with E-state index >= 15 is 0 Å². The van der Waals surface area contributed by atoms with Gasteiger partial charge in [-0.05, 0) is 78.9 Å². The van der Waals surface area contributed by atoms with Gasteiger partial charge in [-0.3, -0.25) is 9.88 Å². The summed E-state index contributed by atoms with van der Waals surface area (Å²) in [7, 11) is 0. The van der Waals surface area contributed by atoms with Crippen molar-refractivity contribution in [3.63, 3.8) is 0 Å². The van der Waals surface area contributed by atoms with Gasteiger partial charge in [0, 0.05) is 50.0 Å². The summed E-state index contributed by atoms with van der Waals surface area (Å²) < 4.78 is 21.5. The third-order valence-corrected chi connectivity index (χ3v) is 6.15. The normalized spacial score (nSPS) is 21.5. The SMILES string of the molecule is CCOC1CC2C=C(c3cc(-c4ccc(F)cc4)n(-c4ccncc4)c3)CCN2C1. The highest BCUT2D eigenvalue weighted by Gasteiger charge is 2.33. The second-order valence-corrected chi connectivity index (χ2v) is 8.01. The lowest BCUT2D eigenvalue weighted by Gasteiger charge is -2.27. The fraction of sp³-hybridized carbons (Fsp3) is 0.320. The molecule has 0 bridgehead atoms. The molecule has 2 aliphatic heterocycles. The highest BCUT2D eigenvalue weighted by Crippen LogP contribution is 2.35. The quantitative estimate of drug-likeness (QED) is 0.604. The Balaban J connectivity index is 1.52. The maximum absolute atomic E-state index is 13.5. The number of halogens is 1. The lowest BCUT2D eigenvalue weighted by atomic mass is 9.97. The fourth-order valence-electron chi connectivity index (χ4n) is 4.70. The van der Waals surface area contributed by atoms with E-state index in [-0.39, 0.29) is 5.82 Å². The first-order valence-electron chi connectivity index (χ1n) is 10.7. The Morgan fingerprint density at radius 2 is 1.90 bits per heavy atom. The number of aromatic nitrogens is 2.